The van der Waals surface area contributed by atoms with Gasteiger partial charge in [0.05, 0.1) is 13.2 Å². The van der Waals surface area contributed by atoms with E-state index in [2.05, 4.69) is 0 Å². The third kappa shape index (κ3) is 11.1. The predicted molar refractivity (Wildman–Crippen MR) is 85.4 cm³/mol. The molecule has 0 aromatic rings. The molecular formula is C10H20Cl2O2S3. The Morgan fingerprint density at radius 2 is 1.24 bits per heavy atom. The van der Waals surface area contributed by atoms with E-state index in [-0.39, 0.29) is 13.2 Å². The van der Waals surface area contributed by atoms with E-state index in [1.165, 1.54) is 0 Å². The first-order valence-corrected chi connectivity index (χ1v) is 9.75. The van der Waals surface area contributed by atoms with Crippen LogP contribution in [-0.2, 0) is 0 Å². The van der Waals surface area contributed by atoms with E-state index in [9.17, 15) is 0 Å². The van der Waals surface area contributed by atoms with Crippen LogP contribution in [0, 0.1) is 0 Å². The molecule has 0 aliphatic carbocycles. The summed E-state index contributed by atoms with van der Waals surface area (Å²) in [5.41, 5.74) is 0. The standard InChI is InChI=1S/C10H20Cl2O2S3/c11-5-9(16-3-1-13)7-15-8-10(6-12)17-4-2-14/h9-10,13-14H,1-8H2. The average Bonchev–Trinajstić information content (AvgIpc) is 2.37. The summed E-state index contributed by atoms with van der Waals surface area (Å²) in [6.45, 7) is 0.415. The van der Waals surface area contributed by atoms with E-state index >= 15 is 0 Å². The fourth-order valence-electron chi connectivity index (χ4n) is 1.04. The first-order chi connectivity index (χ1) is 8.28. The number of aliphatic hydroxyl groups is 2. The SMILES string of the molecule is OCCSC(CCl)CSCC(CCl)SCCO. The molecule has 0 fully saturated rings. The van der Waals surface area contributed by atoms with Gasteiger partial charge in [0, 0.05) is 45.3 Å². The third-order valence-corrected chi connectivity index (χ3v) is 7.10. The maximum absolute atomic E-state index is 8.74. The van der Waals surface area contributed by atoms with Gasteiger partial charge in [0.1, 0.15) is 0 Å². The van der Waals surface area contributed by atoms with Crippen molar-refractivity contribution >= 4 is 58.5 Å². The van der Waals surface area contributed by atoms with Crippen LogP contribution in [0.3, 0.4) is 0 Å². The number of alkyl halides is 2. The maximum atomic E-state index is 8.74. The second kappa shape index (κ2) is 14.0. The van der Waals surface area contributed by atoms with Crippen molar-refractivity contribution in [3.05, 3.63) is 0 Å². The topological polar surface area (TPSA) is 40.5 Å². The Hall–Kier alpha value is 1.55. The van der Waals surface area contributed by atoms with Gasteiger partial charge in [0.25, 0.3) is 0 Å². The van der Waals surface area contributed by atoms with Gasteiger partial charge in [-0.1, -0.05) is 0 Å². The molecule has 17 heavy (non-hydrogen) atoms. The molecule has 0 radical (unpaired) electrons. The van der Waals surface area contributed by atoms with Crippen molar-refractivity contribution in [2.45, 2.75) is 10.5 Å². The Morgan fingerprint density at radius 3 is 1.53 bits per heavy atom. The van der Waals surface area contributed by atoms with Gasteiger partial charge in [0.15, 0.2) is 0 Å². The quantitative estimate of drug-likeness (QED) is 0.534. The van der Waals surface area contributed by atoms with Crippen molar-refractivity contribution in [1.82, 2.24) is 0 Å². The molecule has 0 heterocycles. The van der Waals surface area contributed by atoms with E-state index in [4.69, 9.17) is 33.4 Å². The number of halogens is 2. The third-order valence-electron chi connectivity index (χ3n) is 1.84. The maximum Gasteiger partial charge on any atom is 0.0521 e. The molecule has 104 valence electrons. The Morgan fingerprint density at radius 1 is 0.824 bits per heavy atom. The van der Waals surface area contributed by atoms with Crippen molar-refractivity contribution in [3.8, 4) is 0 Å². The first kappa shape index (κ1) is 18.6. The summed E-state index contributed by atoms with van der Waals surface area (Å²) in [6, 6.07) is 0. The molecule has 0 aromatic carbocycles. The van der Waals surface area contributed by atoms with Gasteiger partial charge in [-0.2, -0.15) is 35.3 Å². The predicted octanol–water partition coefficient (Wildman–Crippen LogP) is 2.39. The Labute approximate surface area is 127 Å². The lowest BCUT2D eigenvalue weighted by atomic mass is 10.5. The number of thioether (sulfide) groups is 3. The zero-order valence-corrected chi connectivity index (χ0v) is 13.6. The summed E-state index contributed by atoms with van der Waals surface area (Å²) >= 11 is 17.0. The molecule has 0 rings (SSSR count). The minimum absolute atomic E-state index is 0.208. The fraction of sp³-hybridized carbons (Fsp3) is 1.00. The van der Waals surface area contributed by atoms with Crippen LogP contribution >= 0.6 is 58.5 Å². The number of hydrogen-bond donors (Lipinski definition) is 2. The van der Waals surface area contributed by atoms with Crippen LogP contribution in [-0.4, -0.2) is 68.7 Å². The molecule has 2 nitrogen and oxygen atoms in total. The van der Waals surface area contributed by atoms with Crippen molar-refractivity contribution in [3.63, 3.8) is 0 Å². The van der Waals surface area contributed by atoms with Gasteiger partial charge < -0.3 is 10.2 Å². The second-order valence-electron chi connectivity index (χ2n) is 3.28. The molecule has 2 atom stereocenters. The first-order valence-electron chi connectivity index (χ1n) is 5.43. The minimum atomic E-state index is 0.208. The van der Waals surface area contributed by atoms with Crippen LogP contribution in [0.5, 0.6) is 0 Å². The molecule has 0 aliphatic heterocycles. The van der Waals surface area contributed by atoms with Gasteiger partial charge in [0.2, 0.25) is 0 Å². The van der Waals surface area contributed by atoms with Crippen LogP contribution in [0.2, 0.25) is 0 Å². The molecule has 0 saturated carbocycles. The normalized spacial score (nSPS) is 14.8. The average molecular weight is 339 g/mol. The number of rotatable bonds is 12. The van der Waals surface area contributed by atoms with Crippen LogP contribution in [0.1, 0.15) is 0 Å². The summed E-state index contributed by atoms with van der Waals surface area (Å²) in [5, 5.41) is 18.3. The van der Waals surface area contributed by atoms with Crippen LogP contribution in [0.25, 0.3) is 0 Å². The van der Waals surface area contributed by atoms with Crippen molar-refractivity contribution in [2.24, 2.45) is 0 Å². The molecule has 0 saturated heterocycles. The molecule has 2 unspecified atom stereocenters. The molecular weight excluding hydrogens is 319 g/mol. The highest BCUT2D eigenvalue weighted by molar-refractivity contribution is 8.05. The summed E-state index contributed by atoms with van der Waals surface area (Å²) < 4.78 is 0. The monoisotopic (exact) mass is 338 g/mol. The van der Waals surface area contributed by atoms with Gasteiger partial charge in [-0.3, -0.25) is 0 Å². The lowest BCUT2D eigenvalue weighted by Gasteiger charge is -2.16. The van der Waals surface area contributed by atoms with Crippen LogP contribution < -0.4 is 0 Å². The largest absolute Gasteiger partial charge is 0.396 e. The van der Waals surface area contributed by atoms with Gasteiger partial charge in [-0.05, 0) is 0 Å². The lowest BCUT2D eigenvalue weighted by molar-refractivity contribution is 0.322. The van der Waals surface area contributed by atoms with Crippen molar-refractivity contribution < 1.29 is 10.2 Å². The van der Waals surface area contributed by atoms with E-state index in [1.54, 1.807) is 23.5 Å². The highest BCUT2D eigenvalue weighted by Gasteiger charge is 2.11. The van der Waals surface area contributed by atoms with Crippen LogP contribution in [0.15, 0.2) is 0 Å². The number of hydrogen-bond acceptors (Lipinski definition) is 5. The molecule has 7 heteroatoms. The molecule has 0 aromatic heterocycles. The molecule has 0 bridgehead atoms. The highest BCUT2D eigenvalue weighted by Crippen LogP contribution is 2.22. The Balaban J connectivity index is 3.61. The smallest absolute Gasteiger partial charge is 0.0521 e. The van der Waals surface area contributed by atoms with E-state index in [0.717, 1.165) is 23.0 Å². The van der Waals surface area contributed by atoms with Crippen LogP contribution in [0.4, 0.5) is 0 Å². The van der Waals surface area contributed by atoms with Gasteiger partial charge >= 0.3 is 0 Å². The summed E-state index contributed by atoms with van der Waals surface area (Å²) in [6.07, 6.45) is 0. The van der Waals surface area contributed by atoms with Crippen molar-refractivity contribution in [2.75, 3.05) is 48.0 Å². The lowest BCUT2D eigenvalue weighted by Crippen LogP contribution is -2.15. The highest BCUT2D eigenvalue weighted by atomic mass is 35.5. The fourth-order valence-corrected chi connectivity index (χ4v) is 5.36. The summed E-state index contributed by atoms with van der Waals surface area (Å²) in [7, 11) is 0. The van der Waals surface area contributed by atoms with E-state index in [0.29, 0.717) is 22.3 Å². The second-order valence-corrected chi connectivity index (χ2v) is 7.79. The molecule has 2 N–H and O–H groups in total. The summed E-state index contributed by atoms with van der Waals surface area (Å²) in [4.78, 5) is 0. The van der Waals surface area contributed by atoms with E-state index < -0.39 is 0 Å². The molecule has 0 aliphatic rings. The van der Waals surface area contributed by atoms with Gasteiger partial charge in [-0.25, -0.2) is 0 Å². The zero-order valence-electron chi connectivity index (χ0n) is 9.69. The number of aliphatic hydroxyl groups excluding tert-OH is 2. The van der Waals surface area contributed by atoms with Gasteiger partial charge in [-0.15, -0.1) is 23.2 Å². The zero-order chi connectivity index (χ0) is 12.9. The van der Waals surface area contributed by atoms with E-state index in [1.807, 2.05) is 11.8 Å². The summed E-state index contributed by atoms with van der Waals surface area (Å²) in [5.74, 6) is 4.70. The van der Waals surface area contributed by atoms with Crippen molar-refractivity contribution in [1.29, 1.82) is 0 Å². The Bertz CT molecular complexity index is 150. The Kier molecular flexibility index (Phi) is 15.2. The minimum Gasteiger partial charge on any atom is -0.396 e. The molecule has 0 spiro atoms. The molecule has 0 amide bonds.